The van der Waals surface area contributed by atoms with Crippen molar-refractivity contribution in [3.05, 3.63) is 67.6 Å². The highest BCUT2D eigenvalue weighted by molar-refractivity contribution is 9.10. The predicted molar refractivity (Wildman–Crippen MR) is 81.4 cm³/mol. The minimum absolute atomic E-state index is 0.228. The molecule has 1 atom stereocenters. The molecule has 0 aliphatic rings. The molecule has 18 heavy (non-hydrogen) atoms. The Morgan fingerprint density at radius 1 is 1.00 bits per heavy atom. The van der Waals surface area contributed by atoms with Gasteiger partial charge in [0.1, 0.15) is 0 Å². The maximum atomic E-state index is 6.22. The van der Waals surface area contributed by atoms with E-state index in [1.807, 2.05) is 43.3 Å². The number of rotatable bonds is 2. The normalized spacial score (nSPS) is 12.5. The van der Waals surface area contributed by atoms with Gasteiger partial charge in [-0.2, -0.15) is 0 Å². The lowest BCUT2D eigenvalue weighted by molar-refractivity contribution is 0.870. The molecule has 1 nitrogen and oxygen atoms in total. The van der Waals surface area contributed by atoms with Crippen LogP contribution in [0.15, 0.2) is 40.9 Å². The summed E-state index contributed by atoms with van der Waals surface area (Å²) in [5, 5.41) is 1.38. The Bertz CT molecular complexity index is 533. The molecule has 0 aromatic heterocycles. The lowest BCUT2D eigenvalue weighted by Crippen LogP contribution is -2.11. The molecule has 0 amide bonds. The Morgan fingerprint density at radius 2 is 1.56 bits per heavy atom. The Hall–Kier alpha value is -0.540. The topological polar surface area (TPSA) is 26.0 Å². The first-order valence-corrected chi connectivity index (χ1v) is 7.00. The van der Waals surface area contributed by atoms with Crippen LogP contribution in [0.2, 0.25) is 10.0 Å². The molecule has 4 heteroatoms. The highest BCUT2D eigenvalue weighted by atomic mass is 79.9. The SMILES string of the molecule is Cc1ccc(C(N)c2ccc(Br)c(Cl)c2)cc1Cl. The van der Waals surface area contributed by atoms with E-state index in [-0.39, 0.29) is 6.04 Å². The second-order valence-electron chi connectivity index (χ2n) is 4.16. The molecule has 2 aromatic rings. The average Bonchev–Trinajstić information content (AvgIpc) is 2.35. The molecule has 2 rings (SSSR count). The van der Waals surface area contributed by atoms with E-state index in [4.69, 9.17) is 28.9 Å². The number of benzene rings is 2. The Morgan fingerprint density at radius 3 is 2.11 bits per heavy atom. The second-order valence-corrected chi connectivity index (χ2v) is 5.83. The van der Waals surface area contributed by atoms with Gasteiger partial charge in [-0.15, -0.1) is 0 Å². The van der Waals surface area contributed by atoms with Crippen LogP contribution in [0.4, 0.5) is 0 Å². The van der Waals surface area contributed by atoms with Gasteiger partial charge in [-0.05, 0) is 57.7 Å². The molecule has 0 saturated carbocycles. The van der Waals surface area contributed by atoms with Gasteiger partial charge in [-0.25, -0.2) is 0 Å². The average molecular weight is 345 g/mol. The van der Waals surface area contributed by atoms with Crippen LogP contribution in [0.1, 0.15) is 22.7 Å². The zero-order chi connectivity index (χ0) is 13.3. The van der Waals surface area contributed by atoms with Crippen molar-refractivity contribution in [2.24, 2.45) is 5.73 Å². The molecule has 0 aliphatic carbocycles. The van der Waals surface area contributed by atoms with Crippen LogP contribution in [0.25, 0.3) is 0 Å². The summed E-state index contributed by atoms with van der Waals surface area (Å²) in [6, 6.07) is 11.3. The minimum atomic E-state index is -0.228. The van der Waals surface area contributed by atoms with Crippen LogP contribution in [0, 0.1) is 6.92 Å². The number of nitrogens with two attached hydrogens (primary N) is 1. The Kier molecular flexibility index (Phi) is 4.33. The fourth-order valence-corrected chi connectivity index (χ4v) is 2.33. The Labute approximate surface area is 125 Å². The third kappa shape index (κ3) is 2.89. The summed E-state index contributed by atoms with van der Waals surface area (Å²) in [5.41, 5.74) is 9.20. The summed E-state index contributed by atoms with van der Waals surface area (Å²) in [5.74, 6) is 0. The molecule has 0 aliphatic heterocycles. The summed E-state index contributed by atoms with van der Waals surface area (Å²) in [7, 11) is 0. The van der Waals surface area contributed by atoms with Crippen molar-refractivity contribution in [2.75, 3.05) is 0 Å². The second kappa shape index (κ2) is 5.62. The van der Waals surface area contributed by atoms with Crippen molar-refractivity contribution in [1.29, 1.82) is 0 Å². The van der Waals surface area contributed by atoms with Gasteiger partial charge in [0.25, 0.3) is 0 Å². The number of aryl methyl sites for hydroxylation is 1. The van der Waals surface area contributed by atoms with E-state index in [2.05, 4.69) is 15.9 Å². The molecule has 2 N–H and O–H groups in total. The molecular formula is C14H12BrCl2N. The quantitative estimate of drug-likeness (QED) is 0.804. The summed E-state index contributed by atoms with van der Waals surface area (Å²) in [4.78, 5) is 0. The largest absolute Gasteiger partial charge is 0.320 e. The van der Waals surface area contributed by atoms with Crippen molar-refractivity contribution in [2.45, 2.75) is 13.0 Å². The fourth-order valence-electron chi connectivity index (χ4n) is 1.70. The predicted octanol–water partition coefficient (Wildman–Crippen LogP) is 5.11. The van der Waals surface area contributed by atoms with Crippen molar-refractivity contribution in [3.8, 4) is 0 Å². The minimum Gasteiger partial charge on any atom is -0.320 e. The zero-order valence-corrected chi connectivity index (χ0v) is 12.9. The van der Waals surface area contributed by atoms with Gasteiger partial charge in [-0.1, -0.05) is 41.4 Å². The molecule has 0 radical (unpaired) electrons. The lowest BCUT2D eigenvalue weighted by atomic mass is 9.99. The first kappa shape index (κ1) is 13.9. The molecule has 0 bridgehead atoms. The zero-order valence-electron chi connectivity index (χ0n) is 9.75. The monoisotopic (exact) mass is 343 g/mol. The molecule has 94 valence electrons. The van der Waals surface area contributed by atoms with Gasteiger partial charge in [0, 0.05) is 9.50 Å². The lowest BCUT2D eigenvalue weighted by Gasteiger charge is -2.14. The van der Waals surface area contributed by atoms with E-state index in [0.29, 0.717) is 5.02 Å². The summed E-state index contributed by atoms with van der Waals surface area (Å²) >= 11 is 15.5. The number of hydrogen-bond donors (Lipinski definition) is 1. The van der Waals surface area contributed by atoms with Crippen LogP contribution in [-0.4, -0.2) is 0 Å². The summed E-state index contributed by atoms with van der Waals surface area (Å²) in [6.45, 7) is 1.97. The summed E-state index contributed by atoms with van der Waals surface area (Å²) in [6.07, 6.45) is 0. The van der Waals surface area contributed by atoms with E-state index in [1.165, 1.54) is 0 Å². The number of hydrogen-bond acceptors (Lipinski definition) is 1. The Balaban J connectivity index is 2.37. The van der Waals surface area contributed by atoms with E-state index in [1.54, 1.807) is 0 Å². The van der Waals surface area contributed by atoms with Crippen molar-refractivity contribution < 1.29 is 0 Å². The molecule has 1 unspecified atom stereocenters. The molecule has 2 aromatic carbocycles. The molecule has 0 fully saturated rings. The van der Waals surface area contributed by atoms with Gasteiger partial charge in [0.2, 0.25) is 0 Å². The molecule has 0 spiro atoms. The van der Waals surface area contributed by atoms with Crippen LogP contribution >= 0.6 is 39.1 Å². The van der Waals surface area contributed by atoms with Gasteiger partial charge in [0.15, 0.2) is 0 Å². The van der Waals surface area contributed by atoms with Crippen molar-refractivity contribution in [1.82, 2.24) is 0 Å². The van der Waals surface area contributed by atoms with E-state index >= 15 is 0 Å². The third-order valence-corrected chi connectivity index (χ3v) is 4.50. The van der Waals surface area contributed by atoms with Crippen molar-refractivity contribution >= 4 is 39.1 Å². The highest BCUT2D eigenvalue weighted by Crippen LogP contribution is 2.29. The third-order valence-electron chi connectivity index (χ3n) is 2.86. The highest BCUT2D eigenvalue weighted by Gasteiger charge is 2.11. The van der Waals surface area contributed by atoms with Crippen LogP contribution in [-0.2, 0) is 0 Å². The van der Waals surface area contributed by atoms with Gasteiger partial charge >= 0.3 is 0 Å². The van der Waals surface area contributed by atoms with E-state index in [9.17, 15) is 0 Å². The summed E-state index contributed by atoms with van der Waals surface area (Å²) < 4.78 is 0.863. The van der Waals surface area contributed by atoms with Crippen molar-refractivity contribution in [3.63, 3.8) is 0 Å². The van der Waals surface area contributed by atoms with Gasteiger partial charge in [0.05, 0.1) is 11.1 Å². The van der Waals surface area contributed by atoms with Crippen LogP contribution in [0.5, 0.6) is 0 Å². The van der Waals surface area contributed by atoms with Gasteiger partial charge < -0.3 is 5.73 Å². The van der Waals surface area contributed by atoms with Gasteiger partial charge in [-0.3, -0.25) is 0 Å². The maximum Gasteiger partial charge on any atom is 0.0552 e. The first-order chi connectivity index (χ1) is 8.49. The maximum absolute atomic E-state index is 6.22. The molecular weight excluding hydrogens is 333 g/mol. The molecule has 0 saturated heterocycles. The fraction of sp³-hybridized carbons (Fsp3) is 0.143. The first-order valence-electron chi connectivity index (χ1n) is 5.45. The number of halogens is 3. The van der Waals surface area contributed by atoms with Crippen LogP contribution in [0.3, 0.4) is 0 Å². The molecule has 0 heterocycles. The van der Waals surface area contributed by atoms with E-state index < -0.39 is 0 Å². The standard InChI is InChI=1S/C14H12BrCl2N/c1-8-2-3-9(6-12(8)16)14(18)10-4-5-11(15)13(17)7-10/h2-7,14H,18H2,1H3. The van der Waals surface area contributed by atoms with E-state index in [0.717, 1.165) is 26.2 Å². The smallest absolute Gasteiger partial charge is 0.0552 e. The van der Waals surface area contributed by atoms with Crippen LogP contribution < -0.4 is 5.73 Å².